The maximum Gasteiger partial charge on any atom is 0.188 e. The van der Waals surface area contributed by atoms with Crippen molar-refractivity contribution in [3.05, 3.63) is 22.3 Å². The number of aliphatic hydroxyl groups is 1. The second-order valence-corrected chi connectivity index (χ2v) is 5.99. The number of carbonyl (C=O) groups excluding carboxylic acids is 2. The molecule has 0 saturated carbocycles. The third kappa shape index (κ3) is 5.22. The molecule has 0 aliphatic heterocycles. The van der Waals surface area contributed by atoms with E-state index in [1.54, 1.807) is 20.8 Å². The quantitative estimate of drug-likeness (QED) is 0.461. The highest BCUT2D eigenvalue weighted by molar-refractivity contribution is 6.24. The second-order valence-electron chi connectivity index (χ2n) is 5.99. The van der Waals surface area contributed by atoms with Gasteiger partial charge in [0.05, 0.1) is 6.10 Å². The van der Waals surface area contributed by atoms with Gasteiger partial charge in [-0.3, -0.25) is 9.59 Å². The first-order valence-electron chi connectivity index (χ1n) is 8.42. The molecule has 1 aliphatic rings. The van der Waals surface area contributed by atoms with E-state index >= 15 is 0 Å². The number of Topliss-reactive ketones (excluding diaryl/α,β-unsaturated/α-hetero) is 2. The normalized spacial score (nSPS) is 15.7. The van der Waals surface area contributed by atoms with E-state index in [0.717, 1.165) is 19.3 Å². The molecule has 1 N–H and O–H groups in total. The number of hydrogen-bond donors (Lipinski definition) is 1. The first-order chi connectivity index (χ1) is 11.4. The van der Waals surface area contributed by atoms with Gasteiger partial charge in [-0.2, -0.15) is 0 Å². The molecule has 0 radical (unpaired) electrons. The largest absolute Gasteiger partial charge is 0.388 e. The molecule has 3 heteroatoms. The minimum Gasteiger partial charge on any atom is -0.388 e. The summed E-state index contributed by atoms with van der Waals surface area (Å²) in [7, 11) is 0. The highest BCUT2D eigenvalue weighted by Gasteiger charge is 2.31. The van der Waals surface area contributed by atoms with Crippen molar-refractivity contribution in [1.29, 1.82) is 0 Å². The van der Waals surface area contributed by atoms with Crippen LogP contribution in [0.3, 0.4) is 0 Å². The molecule has 128 valence electrons. The first-order valence-corrected chi connectivity index (χ1v) is 8.42. The summed E-state index contributed by atoms with van der Waals surface area (Å²) in [5.41, 5.74) is 1.55. The maximum absolute atomic E-state index is 12.3. The van der Waals surface area contributed by atoms with Crippen LogP contribution in [0, 0.1) is 23.7 Å². The van der Waals surface area contributed by atoms with Crippen LogP contribution in [0.2, 0.25) is 0 Å². The minimum absolute atomic E-state index is 0.142. The Balaban J connectivity index is 2.50. The van der Waals surface area contributed by atoms with Crippen LogP contribution in [-0.2, 0) is 9.59 Å². The number of aliphatic hydroxyl groups excluding tert-OH is 1. The molecule has 1 rings (SSSR count). The lowest BCUT2D eigenvalue weighted by Gasteiger charge is -2.22. The van der Waals surface area contributed by atoms with Gasteiger partial charge in [0, 0.05) is 41.6 Å². The van der Waals surface area contributed by atoms with Gasteiger partial charge in [-0.1, -0.05) is 0 Å². The van der Waals surface area contributed by atoms with E-state index in [0.29, 0.717) is 36.0 Å². The molecule has 0 aromatic carbocycles. The molecule has 0 fully saturated rings. The zero-order chi connectivity index (χ0) is 18.1. The Morgan fingerprint density at radius 2 is 1.38 bits per heavy atom. The van der Waals surface area contributed by atoms with Crippen LogP contribution in [0.15, 0.2) is 22.3 Å². The van der Waals surface area contributed by atoms with E-state index in [-0.39, 0.29) is 17.1 Å². The highest BCUT2D eigenvalue weighted by atomic mass is 16.3. The minimum atomic E-state index is -0.897. The Morgan fingerprint density at radius 1 is 0.833 bits per heavy atom. The summed E-state index contributed by atoms with van der Waals surface area (Å²) < 4.78 is 0. The molecule has 1 aliphatic carbocycles. The van der Waals surface area contributed by atoms with Crippen molar-refractivity contribution in [2.45, 2.75) is 72.3 Å². The van der Waals surface area contributed by atoms with Crippen molar-refractivity contribution < 1.29 is 14.7 Å². The standard InChI is InChI=1S/C21H26O3/c1-5-6-7-8-9-10-11-12-13-14-18(22)19-17(4)20(23)15(2)16(3)21(19)24/h18,22H,7-9,12-14H2,1-4H3. The lowest BCUT2D eigenvalue weighted by Crippen LogP contribution is -2.28. The van der Waals surface area contributed by atoms with Gasteiger partial charge in [-0.15, -0.1) is 23.7 Å². The molecule has 0 saturated heterocycles. The third-order valence-corrected chi connectivity index (χ3v) is 4.25. The Bertz CT molecular complexity index is 684. The molecule has 0 heterocycles. The van der Waals surface area contributed by atoms with Crippen molar-refractivity contribution in [3.63, 3.8) is 0 Å². The van der Waals surface area contributed by atoms with Crippen LogP contribution in [-0.4, -0.2) is 22.8 Å². The summed E-state index contributed by atoms with van der Waals surface area (Å²) >= 11 is 0. The van der Waals surface area contributed by atoms with Gasteiger partial charge in [0.1, 0.15) is 0 Å². The molecule has 0 spiro atoms. The van der Waals surface area contributed by atoms with Crippen LogP contribution in [0.5, 0.6) is 0 Å². The topological polar surface area (TPSA) is 54.4 Å². The summed E-state index contributed by atoms with van der Waals surface area (Å²) in [5.74, 6) is 11.7. The van der Waals surface area contributed by atoms with Crippen molar-refractivity contribution in [2.75, 3.05) is 0 Å². The monoisotopic (exact) mass is 326 g/mol. The molecule has 0 amide bonds. The van der Waals surface area contributed by atoms with Gasteiger partial charge in [0.2, 0.25) is 0 Å². The molecule has 0 aromatic heterocycles. The Hall–Kier alpha value is -2.10. The molecular formula is C21H26O3. The SMILES string of the molecule is CC#CCCCC#CCCCC(O)C1=C(C)C(=O)C(C)=C(C)C1=O. The van der Waals surface area contributed by atoms with Crippen molar-refractivity contribution >= 4 is 11.6 Å². The van der Waals surface area contributed by atoms with E-state index < -0.39 is 6.10 Å². The number of rotatable bonds is 6. The number of carbonyl (C=O) groups is 2. The predicted octanol–water partition coefficient (Wildman–Crippen LogP) is 3.52. The Labute approximate surface area is 145 Å². The molecule has 1 atom stereocenters. The summed E-state index contributed by atoms with van der Waals surface area (Å²) in [6.45, 7) is 6.75. The van der Waals surface area contributed by atoms with Crippen LogP contribution in [0.4, 0.5) is 0 Å². The van der Waals surface area contributed by atoms with Gasteiger partial charge in [0.25, 0.3) is 0 Å². The van der Waals surface area contributed by atoms with Gasteiger partial charge in [0.15, 0.2) is 11.6 Å². The molecule has 1 unspecified atom stereocenters. The lowest BCUT2D eigenvalue weighted by atomic mass is 9.82. The summed E-state index contributed by atoms with van der Waals surface area (Å²) in [4.78, 5) is 24.4. The average Bonchev–Trinajstić information content (AvgIpc) is 2.57. The van der Waals surface area contributed by atoms with E-state index in [9.17, 15) is 14.7 Å². The summed E-state index contributed by atoms with van der Waals surface area (Å²) in [6.07, 6.45) is 3.60. The van der Waals surface area contributed by atoms with Crippen LogP contribution < -0.4 is 0 Å². The smallest absolute Gasteiger partial charge is 0.188 e. The molecule has 0 bridgehead atoms. The number of unbranched alkanes of at least 4 members (excludes halogenated alkanes) is 3. The van der Waals surface area contributed by atoms with Gasteiger partial charge < -0.3 is 5.11 Å². The molecule has 0 aromatic rings. The van der Waals surface area contributed by atoms with E-state index in [1.807, 2.05) is 6.92 Å². The highest BCUT2D eigenvalue weighted by Crippen LogP contribution is 2.27. The first kappa shape index (κ1) is 19.9. The zero-order valence-electron chi connectivity index (χ0n) is 15.1. The van der Waals surface area contributed by atoms with Crippen LogP contribution in [0.25, 0.3) is 0 Å². The van der Waals surface area contributed by atoms with Crippen molar-refractivity contribution in [1.82, 2.24) is 0 Å². The van der Waals surface area contributed by atoms with Gasteiger partial charge in [-0.25, -0.2) is 0 Å². The fraction of sp³-hybridized carbons (Fsp3) is 0.524. The number of allylic oxidation sites excluding steroid dienone is 3. The van der Waals surface area contributed by atoms with E-state index in [2.05, 4.69) is 23.7 Å². The lowest BCUT2D eigenvalue weighted by molar-refractivity contribution is -0.117. The zero-order valence-corrected chi connectivity index (χ0v) is 15.1. The predicted molar refractivity (Wildman–Crippen MR) is 96.0 cm³/mol. The summed E-state index contributed by atoms with van der Waals surface area (Å²) in [5, 5.41) is 10.3. The molecule has 24 heavy (non-hydrogen) atoms. The van der Waals surface area contributed by atoms with E-state index in [4.69, 9.17) is 0 Å². The van der Waals surface area contributed by atoms with Gasteiger partial charge >= 0.3 is 0 Å². The Kier molecular flexibility index (Phi) is 8.24. The number of hydrogen-bond acceptors (Lipinski definition) is 3. The fourth-order valence-electron chi connectivity index (χ4n) is 2.61. The second kappa shape index (κ2) is 9.91. The van der Waals surface area contributed by atoms with E-state index in [1.165, 1.54) is 0 Å². The average molecular weight is 326 g/mol. The van der Waals surface area contributed by atoms with Gasteiger partial charge in [-0.05, 0) is 47.0 Å². The van der Waals surface area contributed by atoms with Crippen LogP contribution in [0.1, 0.15) is 66.2 Å². The summed E-state index contributed by atoms with van der Waals surface area (Å²) in [6, 6.07) is 0. The third-order valence-electron chi connectivity index (χ3n) is 4.25. The number of ketones is 2. The fourth-order valence-corrected chi connectivity index (χ4v) is 2.61. The van der Waals surface area contributed by atoms with Crippen molar-refractivity contribution in [3.8, 4) is 23.7 Å². The molecule has 3 nitrogen and oxygen atoms in total. The molecular weight excluding hydrogens is 300 g/mol. The maximum atomic E-state index is 12.3. The van der Waals surface area contributed by atoms with Crippen molar-refractivity contribution in [2.24, 2.45) is 0 Å². The Morgan fingerprint density at radius 3 is 2.00 bits per heavy atom. The van der Waals surface area contributed by atoms with Crippen LogP contribution >= 0.6 is 0 Å².